The van der Waals surface area contributed by atoms with Crippen LogP contribution in [0.5, 0.6) is 0 Å². The van der Waals surface area contributed by atoms with Gasteiger partial charge in [-0.15, -0.1) is 11.3 Å². The minimum absolute atomic E-state index is 0.287. The van der Waals surface area contributed by atoms with Gasteiger partial charge < -0.3 is 5.73 Å². The predicted molar refractivity (Wildman–Crippen MR) is 104 cm³/mol. The van der Waals surface area contributed by atoms with Crippen LogP contribution in [0.1, 0.15) is 33.2 Å². The second kappa shape index (κ2) is 6.26. The Bertz CT molecular complexity index is 969. The van der Waals surface area contributed by atoms with Gasteiger partial charge >= 0.3 is 0 Å². The van der Waals surface area contributed by atoms with E-state index in [1.807, 2.05) is 23.6 Å². The number of rotatable bonds is 2. The van der Waals surface area contributed by atoms with Gasteiger partial charge in [0.15, 0.2) is 5.82 Å². The first-order valence-electron chi connectivity index (χ1n) is 8.12. The Morgan fingerprint density at radius 2 is 1.84 bits per heavy atom. The van der Waals surface area contributed by atoms with Crippen LogP contribution >= 0.6 is 11.3 Å². The van der Waals surface area contributed by atoms with Gasteiger partial charge in [0.05, 0.1) is 5.71 Å². The van der Waals surface area contributed by atoms with Crippen LogP contribution in [0.2, 0.25) is 0 Å². The number of fused-ring (bicyclic) bond motifs is 1. The van der Waals surface area contributed by atoms with Crippen molar-refractivity contribution in [2.75, 3.05) is 0 Å². The molecule has 124 valence electrons. The van der Waals surface area contributed by atoms with E-state index in [1.54, 1.807) is 17.5 Å². The molecule has 0 amide bonds. The van der Waals surface area contributed by atoms with Crippen LogP contribution in [0.3, 0.4) is 0 Å². The third-order valence-electron chi connectivity index (χ3n) is 4.29. The maximum absolute atomic E-state index is 6.31. The molecule has 1 unspecified atom stereocenters. The Morgan fingerprint density at radius 1 is 1.04 bits per heavy atom. The van der Waals surface area contributed by atoms with Crippen molar-refractivity contribution in [3.8, 4) is 0 Å². The number of nitrogens with two attached hydrogens (primary N) is 1. The summed E-state index contributed by atoms with van der Waals surface area (Å²) < 4.78 is 0. The van der Waals surface area contributed by atoms with Crippen LogP contribution in [0.15, 0.2) is 64.0 Å². The van der Waals surface area contributed by atoms with Gasteiger partial charge in [-0.3, -0.25) is 4.99 Å². The molecule has 4 rings (SSSR count). The maximum Gasteiger partial charge on any atom is 0.163 e. The second-order valence-electron chi connectivity index (χ2n) is 6.12. The zero-order chi connectivity index (χ0) is 17.4. The molecule has 0 saturated heterocycles. The van der Waals surface area contributed by atoms with Crippen LogP contribution in [-0.2, 0) is 0 Å². The fourth-order valence-electron chi connectivity index (χ4n) is 2.95. The van der Waals surface area contributed by atoms with Crippen LogP contribution in [0.4, 0.5) is 5.82 Å². The number of pyridine rings is 1. The van der Waals surface area contributed by atoms with E-state index in [1.165, 1.54) is 5.56 Å². The molecule has 3 aromatic rings. The highest BCUT2D eigenvalue weighted by Crippen LogP contribution is 2.32. The largest absolute Gasteiger partial charge is 0.385 e. The molecule has 2 aromatic heterocycles. The van der Waals surface area contributed by atoms with Gasteiger partial charge in [-0.25, -0.2) is 9.98 Å². The molecule has 1 atom stereocenters. The molecule has 1 aromatic carbocycles. The third kappa shape index (κ3) is 2.87. The number of hydrogen-bond acceptors (Lipinski definition) is 5. The van der Waals surface area contributed by atoms with Gasteiger partial charge in [-0.1, -0.05) is 35.9 Å². The highest BCUT2D eigenvalue weighted by Gasteiger charge is 2.25. The SMILES string of the molecule is Cc1ccc(C2=NC(c3cccs3)C(N)=Nc3nccc(C)c32)cc1. The summed E-state index contributed by atoms with van der Waals surface area (Å²) >= 11 is 1.64. The zero-order valence-corrected chi connectivity index (χ0v) is 14.9. The lowest BCUT2D eigenvalue weighted by molar-refractivity contribution is 0.977. The molecule has 5 heteroatoms. The molecular weight excluding hydrogens is 328 g/mol. The first-order chi connectivity index (χ1) is 12.1. The Labute approximate surface area is 150 Å². The number of benzene rings is 1. The maximum atomic E-state index is 6.31. The number of hydrogen-bond donors (Lipinski definition) is 1. The Hall–Kier alpha value is -2.79. The van der Waals surface area contributed by atoms with Gasteiger partial charge in [-0.05, 0) is 36.9 Å². The molecule has 25 heavy (non-hydrogen) atoms. The van der Waals surface area contributed by atoms with E-state index in [0.29, 0.717) is 11.7 Å². The molecule has 1 aliphatic heterocycles. The number of aliphatic imine (C=N–C) groups is 2. The Balaban J connectivity index is 1.98. The summed E-state index contributed by atoms with van der Waals surface area (Å²) in [6.07, 6.45) is 1.77. The van der Waals surface area contributed by atoms with Crippen molar-refractivity contribution in [3.63, 3.8) is 0 Å². The van der Waals surface area contributed by atoms with Crippen LogP contribution in [0.25, 0.3) is 0 Å². The molecular formula is C20H18N4S. The standard InChI is InChI=1S/C20H18N4S/c1-12-5-7-14(8-6-12)17-16-13(2)9-10-22-20(16)24-19(21)18(23-17)15-4-3-11-25-15/h3-11,18H,1-2H3,(H2,21,22,24). The fourth-order valence-corrected chi connectivity index (χ4v) is 3.72. The quantitative estimate of drug-likeness (QED) is 0.750. The van der Waals surface area contributed by atoms with E-state index in [9.17, 15) is 0 Å². The zero-order valence-electron chi connectivity index (χ0n) is 14.1. The lowest BCUT2D eigenvalue weighted by atomic mass is 9.98. The summed E-state index contributed by atoms with van der Waals surface area (Å²) in [4.78, 5) is 15.2. The number of amidine groups is 1. The summed E-state index contributed by atoms with van der Waals surface area (Å²) in [5.41, 5.74) is 11.5. The second-order valence-corrected chi connectivity index (χ2v) is 7.10. The summed E-state index contributed by atoms with van der Waals surface area (Å²) in [7, 11) is 0. The number of nitrogens with zero attached hydrogens (tertiary/aromatic N) is 3. The summed E-state index contributed by atoms with van der Waals surface area (Å²) in [5, 5.41) is 2.03. The first-order valence-corrected chi connectivity index (χ1v) is 9.00. The van der Waals surface area contributed by atoms with Crippen molar-refractivity contribution >= 4 is 28.7 Å². The van der Waals surface area contributed by atoms with E-state index in [4.69, 9.17) is 10.7 Å². The van der Waals surface area contributed by atoms with Crippen LogP contribution in [0, 0.1) is 13.8 Å². The summed E-state index contributed by atoms with van der Waals surface area (Å²) in [6, 6.07) is 14.1. The number of aromatic nitrogens is 1. The summed E-state index contributed by atoms with van der Waals surface area (Å²) in [6.45, 7) is 4.14. The smallest absolute Gasteiger partial charge is 0.163 e. The van der Waals surface area contributed by atoms with Crippen molar-refractivity contribution in [2.45, 2.75) is 19.9 Å². The molecule has 0 fully saturated rings. The molecule has 4 nitrogen and oxygen atoms in total. The van der Waals surface area contributed by atoms with Crippen LogP contribution < -0.4 is 5.73 Å². The first kappa shape index (κ1) is 15.7. The summed E-state index contributed by atoms with van der Waals surface area (Å²) in [5.74, 6) is 1.11. The van der Waals surface area contributed by atoms with Gasteiger partial charge in [0.2, 0.25) is 0 Å². The van der Waals surface area contributed by atoms with E-state index >= 15 is 0 Å². The molecule has 1 aliphatic rings. The lowest BCUT2D eigenvalue weighted by Crippen LogP contribution is -2.20. The minimum Gasteiger partial charge on any atom is -0.385 e. The highest BCUT2D eigenvalue weighted by molar-refractivity contribution is 7.10. The van der Waals surface area contributed by atoms with Gasteiger partial charge in [-0.2, -0.15) is 0 Å². The van der Waals surface area contributed by atoms with Crippen molar-refractivity contribution in [3.05, 3.63) is 81.2 Å². The normalized spacial score (nSPS) is 16.6. The van der Waals surface area contributed by atoms with E-state index in [2.05, 4.69) is 48.1 Å². The molecule has 0 aliphatic carbocycles. The number of aryl methyl sites for hydroxylation is 2. The third-order valence-corrected chi connectivity index (χ3v) is 5.21. The van der Waals surface area contributed by atoms with Crippen LogP contribution in [-0.4, -0.2) is 16.5 Å². The van der Waals surface area contributed by atoms with Crippen molar-refractivity contribution in [1.29, 1.82) is 0 Å². The molecule has 0 bridgehead atoms. The lowest BCUT2D eigenvalue weighted by Gasteiger charge is -2.13. The minimum atomic E-state index is -0.287. The van der Waals surface area contributed by atoms with Crippen molar-refractivity contribution in [2.24, 2.45) is 15.7 Å². The van der Waals surface area contributed by atoms with E-state index in [0.717, 1.165) is 27.3 Å². The molecule has 0 spiro atoms. The van der Waals surface area contributed by atoms with Gasteiger partial charge in [0, 0.05) is 22.2 Å². The van der Waals surface area contributed by atoms with Gasteiger partial charge in [0.1, 0.15) is 11.9 Å². The number of thiophene rings is 1. The molecule has 2 N–H and O–H groups in total. The topological polar surface area (TPSA) is 63.6 Å². The molecule has 3 heterocycles. The average molecular weight is 346 g/mol. The van der Waals surface area contributed by atoms with E-state index < -0.39 is 0 Å². The average Bonchev–Trinajstić information content (AvgIpc) is 3.07. The highest BCUT2D eigenvalue weighted by atomic mass is 32.1. The Kier molecular flexibility index (Phi) is 3.93. The molecule has 0 radical (unpaired) electrons. The van der Waals surface area contributed by atoms with Crippen molar-refractivity contribution in [1.82, 2.24) is 4.98 Å². The van der Waals surface area contributed by atoms with E-state index in [-0.39, 0.29) is 6.04 Å². The fraction of sp³-hybridized carbons (Fsp3) is 0.150. The Morgan fingerprint density at radius 3 is 2.56 bits per heavy atom. The monoisotopic (exact) mass is 346 g/mol. The molecule has 0 saturated carbocycles. The van der Waals surface area contributed by atoms with Crippen molar-refractivity contribution < 1.29 is 0 Å². The van der Waals surface area contributed by atoms with Gasteiger partial charge in [0.25, 0.3) is 0 Å². The predicted octanol–water partition coefficient (Wildman–Crippen LogP) is 4.34.